The first-order valence-electron chi connectivity index (χ1n) is 7.20. The molecule has 0 N–H and O–H groups in total. The van der Waals surface area contributed by atoms with Crippen LogP contribution in [0.5, 0.6) is 0 Å². The molecule has 1 saturated heterocycles. The van der Waals surface area contributed by atoms with Gasteiger partial charge in [-0.3, -0.25) is 0 Å². The first-order valence-corrected chi connectivity index (χ1v) is 7.83. The van der Waals surface area contributed by atoms with E-state index >= 15 is 0 Å². The van der Waals surface area contributed by atoms with E-state index in [2.05, 4.69) is 36.5 Å². The van der Waals surface area contributed by atoms with Gasteiger partial charge in [0.1, 0.15) is 0 Å². The molecule has 1 fully saturated rings. The fourth-order valence-electron chi connectivity index (χ4n) is 2.71. The van der Waals surface area contributed by atoms with E-state index in [9.17, 15) is 0 Å². The quantitative estimate of drug-likeness (QED) is 0.528. The SMILES string of the molecule is CN(C)CC1CCN(CCCCCCS)CC1. The van der Waals surface area contributed by atoms with Gasteiger partial charge in [-0.25, -0.2) is 0 Å². The summed E-state index contributed by atoms with van der Waals surface area (Å²) in [5.74, 6) is 1.99. The van der Waals surface area contributed by atoms with Crippen LogP contribution in [0.15, 0.2) is 0 Å². The second-order valence-electron chi connectivity index (χ2n) is 5.69. The molecule has 1 aliphatic rings. The van der Waals surface area contributed by atoms with Crippen molar-refractivity contribution in [2.24, 2.45) is 5.92 Å². The number of thiol groups is 1. The highest BCUT2D eigenvalue weighted by Crippen LogP contribution is 2.18. The van der Waals surface area contributed by atoms with E-state index in [1.54, 1.807) is 0 Å². The maximum absolute atomic E-state index is 4.25. The van der Waals surface area contributed by atoms with Crippen molar-refractivity contribution in [3.05, 3.63) is 0 Å². The summed E-state index contributed by atoms with van der Waals surface area (Å²) >= 11 is 4.25. The molecule has 17 heavy (non-hydrogen) atoms. The van der Waals surface area contributed by atoms with Gasteiger partial charge in [-0.1, -0.05) is 12.8 Å². The first-order chi connectivity index (χ1) is 8.22. The van der Waals surface area contributed by atoms with Crippen LogP contribution in [-0.4, -0.2) is 55.8 Å². The van der Waals surface area contributed by atoms with Crippen LogP contribution in [0.2, 0.25) is 0 Å². The molecule has 1 aliphatic heterocycles. The lowest BCUT2D eigenvalue weighted by molar-refractivity contribution is 0.160. The van der Waals surface area contributed by atoms with E-state index in [1.165, 1.54) is 64.7 Å². The molecule has 0 amide bonds. The molecule has 3 heteroatoms. The third kappa shape index (κ3) is 7.32. The Morgan fingerprint density at radius 3 is 2.29 bits per heavy atom. The van der Waals surface area contributed by atoms with Crippen LogP contribution in [0.25, 0.3) is 0 Å². The van der Waals surface area contributed by atoms with Gasteiger partial charge < -0.3 is 9.80 Å². The van der Waals surface area contributed by atoms with Crippen LogP contribution in [0.3, 0.4) is 0 Å². The Kier molecular flexibility index (Phi) is 8.33. The van der Waals surface area contributed by atoms with Crippen LogP contribution in [0.4, 0.5) is 0 Å². The Hall–Kier alpha value is 0.270. The van der Waals surface area contributed by atoms with E-state index < -0.39 is 0 Å². The predicted octanol–water partition coefficient (Wildman–Crippen LogP) is 2.75. The second kappa shape index (κ2) is 9.23. The third-order valence-corrected chi connectivity index (χ3v) is 4.03. The van der Waals surface area contributed by atoms with E-state index in [0.29, 0.717) is 0 Å². The molecule has 102 valence electrons. The highest BCUT2D eigenvalue weighted by Gasteiger charge is 2.18. The molecule has 2 nitrogen and oxygen atoms in total. The van der Waals surface area contributed by atoms with Crippen LogP contribution < -0.4 is 0 Å². The zero-order valence-corrected chi connectivity index (χ0v) is 12.6. The van der Waals surface area contributed by atoms with Crippen molar-refractivity contribution in [2.75, 3.05) is 46.0 Å². The topological polar surface area (TPSA) is 6.48 Å². The standard InChI is InChI=1S/C14H30N2S/c1-15(2)13-14-7-10-16(11-8-14)9-5-3-4-6-12-17/h14,17H,3-13H2,1-2H3. The zero-order chi connectivity index (χ0) is 12.5. The van der Waals surface area contributed by atoms with Gasteiger partial charge in [0.2, 0.25) is 0 Å². The molecule has 0 aromatic rings. The summed E-state index contributed by atoms with van der Waals surface area (Å²) in [6.07, 6.45) is 8.21. The van der Waals surface area contributed by atoms with Crippen molar-refractivity contribution in [2.45, 2.75) is 38.5 Å². The average Bonchev–Trinajstić information content (AvgIpc) is 2.30. The van der Waals surface area contributed by atoms with Crippen LogP contribution in [0, 0.1) is 5.92 Å². The molecule has 0 saturated carbocycles. The van der Waals surface area contributed by atoms with Gasteiger partial charge in [-0.2, -0.15) is 12.6 Å². The molecule has 0 aromatic carbocycles. The Balaban J connectivity index is 1.99. The molecular weight excluding hydrogens is 228 g/mol. The van der Waals surface area contributed by atoms with Crippen molar-refractivity contribution >= 4 is 12.6 Å². The highest BCUT2D eigenvalue weighted by molar-refractivity contribution is 7.80. The van der Waals surface area contributed by atoms with Crippen molar-refractivity contribution in [1.82, 2.24) is 9.80 Å². The maximum atomic E-state index is 4.25. The monoisotopic (exact) mass is 258 g/mol. The number of unbranched alkanes of at least 4 members (excludes halogenated alkanes) is 3. The van der Waals surface area contributed by atoms with Crippen LogP contribution in [-0.2, 0) is 0 Å². The smallest absolute Gasteiger partial charge is 0.000451 e. The number of hydrogen-bond acceptors (Lipinski definition) is 3. The van der Waals surface area contributed by atoms with E-state index in [-0.39, 0.29) is 0 Å². The largest absolute Gasteiger partial charge is 0.309 e. The summed E-state index contributed by atoms with van der Waals surface area (Å²) in [7, 11) is 4.38. The van der Waals surface area contributed by atoms with Crippen LogP contribution in [0.1, 0.15) is 38.5 Å². The predicted molar refractivity (Wildman–Crippen MR) is 80.0 cm³/mol. The highest BCUT2D eigenvalue weighted by atomic mass is 32.1. The van der Waals surface area contributed by atoms with Crippen molar-refractivity contribution in [3.63, 3.8) is 0 Å². The zero-order valence-electron chi connectivity index (χ0n) is 11.7. The fourth-order valence-corrected chi connectivity index (χ4v) is 2.93. The Bertz CT molecular complexity index is 177. The van der Waals surface area contributed by atoms with E-state index in [4.69, 9.17) is 0 Å². The summed E-state index contributed by atoms with van der Waals surface area (Å²) in [5, 5.41) is 0. The minimum absolute atomic E-state index is 0.936. The molecule has 0 atom stereocenters. The van der Waals surface area contributed by atoms with Gasteiger partial charge in [0, 0.05) is 6.54 Å². The van der Waals surface area contributed by atoms with Gasteiger partial charge in [0.15, 0.2) is 0 Å². The fraction of sp³-hybridized carbons (Fsp3) is 1.00. The first kappa shape index (κ1) is 15.3. The number of rotatable bonds is 8. The molecule has 0 aliphatic carbocycles. The summed E-state index contributed by atoms with van der Waals surface area (Å²) in [6.45, 7) is 5.24. The third-order valence-electron chi connectivity index (χ3n) is 3.71. The second-order valence-corrected chi connectivity index (χ2v) is 6.13. The lowest BCUT2D eigenvalue weighted by Crippen LogP contribution is -2.37. The Morgan fingerprint density at radius 1 is 1.06 bits per heavy atom. The number of nitrogens with zero attached hydrogens (tertiary/aromatic N) is 2. The molecular formula is C14H30N2S. The van der Waals surface area contributed by atoms with Gasteiger partial charge in [0.25, 0.3) is 0 Å². The van der Waals surface area contributed by atoms with Gasteiger partial charge in [-0.15, -0.1) is 0 Å². The van der Waals surface area contributed by atoms with Crippen molar-refractivity contribution < 1.29 is 0 Å². The molecule has 1 rings (SSSR count). The number of likely N-dealkylation sites (tertiary alicyclic amines) is 1. The molecule has 0 spiro atoms. The number of piperidine rings is 1. The summed E-state index contributed by atoms with van der Waals surface area (Å²) in [4.78, 5) is 4.99. The molecule has 0 radical (unpaired) electrons. The van der Waals surface area contributed by atoms with E-state index in [0.717, 1.165) is 11.7 Å². The van der Waals surface area contributed by atoms with Gasteiger partial charge >= 0.3 is 0 Å². The van der Waals surface area contributed by atoms with Crippen LogP contribution >= 0.6 is 12.6 Å². The Morgan fingerprint density at radius 2 is 1.71 bits per heavy atom. The van der Waals surface area contributed by atoms with Gasteiger partial charge in [-0.05, 0) is 71.1 Å². The minimum atomic E-state index is 0.936. The lowest BCUT2D eigenvalue weighted by Gasteiger charge is -2.33. The summed E-state index contributed by atoms with van der Waals surface area (Å²) in [6, 6.07) is 0. The average molecular weight is 258 g/mol. The normalized spacial score (nSPS) is 19.1. The maximum Gasteiger partial charge on any atom is 0.000451 e. The molecule has 0 unspecified atom stereocenters. The molecule has 0 bridgehead atoms. The van der Waals surface area contributed by atoms with Crippen molar-refractivity contribution in [1.29, 1.82) is 0 Å². The summed E-state index contributed by atoms with van der Waals surface area (Å²) in [5.41, 5.74) is 0. The van der Waals surface area contributed by atoms with Gasteiger partial charge in [0.05, 0.1) is 0 Å². The Labute approximate surface area is 113 Å². The molecule has 0 aromatic heterocycles. The van der Waals surface area contributed by atoms with Crippen molar-refractivity contribution in [3.8, 4) is 0 Å². The molecule has 1 heterocycles. The lowest BCUT2D eigenvalue weighted by atomic mass is 9.96. The summed E-state index contributed by atoms with van der Waals surface area (Å²) < 4.78 is 0. The minimum Gasteiger partial charge on any atom is -0.309 e. The number of hydrogen-bond donors (Lipinski definition) is 1. The van der Waals surface area contributed by atoms with E-state index in [1.807, 2.05) is 0 Å².